The lowest BCUT2D eigenvalue weighted by atomic mass is 10.1. The SMILES string of the molecule is COc1nc([C@H](C)F)ccc1-c1ccc2cnc(CNC(=O)c3cc(Cl)c4c(c3)S(=O)(=O)[C@@H](F)CCO4)cc2n1. The van der Waals surface area contributed by atoms with Gasteiger partial charge < -0.3 is 14.8 Å². The molecule has 40 heavy (non-hydrogen) atoms. The van der Waals surface area contributed by atoms with E-state index < -0.39 is 32.3 Å². The topological polar surface area (TPSA) is 120 Å². The van der Waals surface area contributed by atoms with Crippen LogP contribution in [0.3, 0.4) is 0 Å². The first kappa shape index (κ1) is 27.7. The minimum atomic E-state index is -4.37. The highest BCUT2D eigenvalue weighted by Gasteiger charge is 2.35. The highest BCUT2D eigenvalue weighted by atomic mass is 35.5. The number of methoxy groups -OCH3 is 1. The molecule has 13 heteroatoms. The Hall–Kier alpha value is -3.90. The van der Waals surface area contributed by atoms with E-state index in [1.54, 1.807) is 30.5 Å². The Morgan fingerprint density at radius 2 is 2.02 bits per heavy atom. The normalized spacial score (nSPS) is 16.9. The number of amides is 1. The molecule has 9 nitrogen and oxygen atoms in total. The Bertz CT molecular complexity index is 1740. The van der Waals surface area contributed by atoms with Crippen molar-refractivity contribution in [1.82, 2.24) is 20.3 Å². The first-order valence-corrected chi connectivity index (χ1v) is 14.1. The van der Waals surface area contributed by atoms with Gasteiger partial charge in [0.15, 0.2) is 5.75 Å². The van der Waals surface area contributed by atoms with Crippen LogP contribution in [0.25, 0.3) is 22.2 Å². The zero-order chi connectivity index (χ0) is 28.6. The van der Waals surface area contributed by atoms with Gasteiger partial charge in [-0.2, -0.15) is 0 Å². The van der Waals surface area contributed by atoms with Gasteiger partial charge in [0.05, 0.1) is 53.4 Å². The fourth-order valence-electron chi connectivity index (χ4n) is 4.20. The number of carbonyl (C=O) groups excluding carboxylic acids is 1. The van der Waals surface area contributed by atoms with Gasteiger partial charge >= 0.3 is 0 Å². The summed E-state index contributed by atoms with van der Waals surface area (Å²) in [6, 6.07) is 10.9. The van der Waals surface area contributed by atoms with Crippen LogP contribution in [0.5, 0.6) is 11.6 Å². The molecule has 0 radical (unpaired) electrons. The first-order chi connectivity index (χ1) is 19.1. The van der Waals surface area contributed by atoms with Crippen LogP contribution in [-0.4, -0.2) is 48.5 Å². The van der Waals surface area contributed by atoms with Crippen LogP contribution < -0.4 is 14.8 Å². The van der Waals surface area contributed by atoms with Crippen molar-refractivity contribution in [2.45, 2.75) is 36.5 Å². The highest BCUT2D eigenvalue weighted by molar-refractivity contribution is 7.92. The molecule has 1 aromatic carbocycles. The number of nitrogens with zero attached hydrogens (tertiary/aromatic N) is 3. The monoisotopic (exact) mass is 588 g/mol. The minimum Gasteiger partial charge on any atom is -0.490 e. The number of alkyl halides is 2. The number of ether oxygens (including phenoxy) is 2. The molecule has 4 heterocycles. The molecule has 1 amide bonds. The summed E-state index contributed by atoms with van der Waals surface area (Å²) in [6.07, 6.45) is 0.00196. The molecular weight excluding hydrogens is 566 g/mol. The third-order valence-electron chi connectivity index (χ3n) is 6.33. The van der Waals surface area contributed by atoms with E-state index in [1.807, 2.05) is 6.07 Å². The molecule has 0 unspecified atom stereocenters. The third kappa shape index (κ3) is 5.28. The van der Waals surface area contributed by atoms with Gasteiger partial charge in [-0.05, 0) is 49.4 Å². The van der Waals surface area contributed by atoms with Gasteiger partial charge in [-0.1, -0.05) is 11.6 Å². The Balaban J connectivity index is 1.39. The maximum Gasteiger partial charge on any atom is 0.251 e. The zero-order valence-electron chi connectivity index (χ0n) is 21.3. The number of pyridine rings is 3. The molecule has 208 valence electrons. The smallest absolute Gasteiger partial charge is 0.251 e. The molecule has 4 aromatic rings. The van der Waals surface area contributed by atoms with Crippen molar-refractivity contribution in [2.75, 3.05) is 13.7 Å². The summed E-state index contributed by atoms with van der Waals surface area (Å²) in [7, 11) is -2.93. The van der Waals surface area contributed by atoms with Crippen molar-refractivity contribution >= 4 is 38.2 Å². The molecule has 0 bridgehead atoms. The molecule has 1 N–H and O–H groups in total. The second-order valence-corrected chi connectivity index (χ2v) is 11.5. The van der Waals surface area contributed by atoms with Gasteiger partial charge in [0.25, 0.3) is 5.91 Å². The predicted molar refractivity (Wildman–Crippen MR) is 144 cm³/mol. The molecule has 1 aliphatic rings. The van der Waals surface area contributed by atoms with Crippen LogP contribution in [0.1, 0.15) is 41.3 Å². The number of halogens is 3. The average Bonchev–Trinajstić information content (AvgIpc) is 3.06. The maximum atomic E-state index is 14.2. The molecule has 2 atom stereocenters. The van der Waals surface area contributed by atoms with Crippen LogP contribution in [0, 0.1) is 0 Å². The Labute approximate surface area is 233 Å². The number of carbonyl (C=O) groups is 1. The van der Waals surface area contributed by atoms with Gasteiger partial charge in [0, 0.05) is 23.6 Å². The van der Waals surface area contributed by atoms with Crippen molar-refractivity contribution in [3.05, 3.63) is 70.6 Å². The molecule has 5 rings (SSSR count). The fourth-order valence-corrected chi connectivity index (χ4v) is 5.93. The Morgan fingerprint density at radius 1 is 1.23 bits per heavy atom. The molecule has 0 fully saturated rings. The third-order valence-corrected chi connectivity index (χ3v) is 8.43. The number of aromatic nitrogens is 3. The second kappa shape index (κ2) is 10.9. The van der Waals surface area contributed by atoms with Crippen molar-refractivity contribution in [2.24, 2.45) is 0 Å². The standard InChI is InChI=1S/C27H23ClF2N4O5S/c1-14(29)20-6-4-18(27(34-20)38-2)21-5-3-15-12-31-17(11-22(15)33-21)13-32-26(35)16-9-19(28)25-23(10-16)40(36,37)24(30)7-8-39-25/h3-6,9-12,14,24H,7-8,13H2,1-2H3,(H,32,35)/t14-,24+/m0/s1. The summed E-state index contributed by atoms with van der Waals surface area (Å²) in [5.41, 5.74) is 0.180. The summed E-state index contributed by atoms with van der Waals surface area (Å²) in [4.78, 5) is 25.7. The highest BCUT2D eigenvalue weighted by Crippen LogP contribution is 2.38. The minimum absolute atomic E-state index is 0.0155. The molecule has 0 aliphatic carbocycles. The predicted octanol–water partition coefficient (Wildman–Crippen LogP) is 5.17. The first-order valence-electron chi connectivity index (χ1n) is 12.2. The van der Waals surface area contributed by atoms with E-state index >= 15 is 0 Å². The van der Waals surface area contributed by atoms with E-state index in [0.717, 1.165) is 11.5 Å². The Morgan fingerprint density at radius 3 is 2.77 bits per heavy atom. The van der Waals surface area contributed by atoms with E-state index in [9.17, 15) is 22.0 Å². The maximum absolute atomic E-state index is 14.2. The second-order valence-electron chi connectivity index (χ2n) is 9.03. The summed E-state index contributed by atoms with van der Waals surface area (Å²) in [6.45, 7) is 1.21. The largest absolute Gasteiger partial charge is 0.490 e. The Kier molecular flexibility index (Phi) is 7.56. The lowest BCUT2D eigenvalue weighted by Gasteiger charge is -2.12. The number of rotatable bonds is 6. The van der Waals surface area contributed by atoms with Gasteiger partial charge in [0.2, 0.25) is 21.2 Å². The summed E-state index contributed by atoms with van der Waals surface area (Å²) in [5.74, 6) is -0.570. The van der Waals surface area contributed by atoms with Crippen molar-refractivity contribution in [1.29, 1.82) is 0 Å². The van der Waals surface area contributed by atoms with E-state index in [4.69, 9.17) is 21.1 Å². The van der Waals surface area contributed by atoms with Gasteiger partial charge in [-0.25, -0.2) is 27.2 Å². The summed E-state index contributed by atoms with van der Waals surface area (Å²) >= 11 is 6.19. The lowest BCUT2D eigenvalue weighted by Crippen LogP contribution is -2.24. The number of nitrogens with one attached hydrogen (secondary N) is 1. The van der Waals surface area contributed by atoms with Crippen LogP contribution >= 0.6 is 11.6 Å². The van der Waals surface area contributed by atoms with E-state index in [2.05, 4.69) is 20.3 Å². The molecular formula is C27H23ClF2N4O5S. The summed E-state index contributed by atoms with van der Waals surface area (Å²) in [5, 5.41) is 3.29. The van der Waals surface area contributed by atoms with Crippen LogP contribution in [-0.2, 0) is 16.4 Å². The number of hydrogen-bond acceptors (Lipinski definition) is 8. The number of hydrogen-bond donors (Lipinski definition) is 1. The number of benzene rings is 1. The average molecular weight is 589 g/mol. The van der Waals surface area contributed by atoms with Crippen LogP contribution in [0.4, 0.5) is 8.78 Å². The molecule has 0 spiro atoms. The molecule has 3 aromatic heterocycles. The van der Waals surface area contributed by atoms with Crippen molar-refractivity contribution in [3.63, 3.8) is 0 Å². The van der Waals surface area contributed by atoms with E-state index in [0.29, 0.717) is 22.5 Å². The van der Waals surface area contributed by atoms with Crippen molar-refractivity contribution < 1.29 is 31.5 Å². The quantitative estimate of drug-likeness (QED) is 0.328. The van der Waals surface area contributed by atoms with Crippen LogP contribution in [0.2, 0.25) is 5.02 Å². The number of fused-ring (bicyclic) bond motifs is 2. The number of sulfone groups is 1. The summed E-state index contributed by atoms with van der Waals surface area (Å²) < 4.78 is 63.8. The van der Waals surface area contributed by atoms with Crippen molar-refractivity contribution in [3.8, 4) is 22.9 Å². The van der Waals surface area contributed by atoms with Gasteiger partial charge in [-0.15, -0.1) is 0 Å². The van der Waals surface area contributed by atoms with E-state index in [-0.39, 0.29) is 47.5 Å². The zero-order valence-corrected chi connectivity index (χ0v) is 22.9. The van der Waals surface area contributed by atoms with E-state index in [1.165, 1.54) is 20.1 Å². The van der Waals surface area contributed by atoms with Gasteiger partial charge in [-0.3, -0.25) is 9.78 Å². The fraction of sp³-hybridized carbons (Fsp3) is 0.259. The van der Waals surface area contributed by atoms with Crippen LogP contribution in [0.15, 0.2) is 53.6 Å². The molecule has 0 saturated carbocycles. The van der Waals surface area contributed by atoms with Gasteiger partial charge in [0.1, 0.15) is 11.1 Å². The molecule has 0 saturated heterocycles. The lowest BCUT2D eigenvalue weighted by molar-refractivity contribution is 0.0950. The molecule has 1 aliphatic heterocycles.